The van der Waals surface area contributed by atoms with Crippen LogP contribution in [-0.4, -0.2) is 62.9 Å². The average molecular weight is 587 g/mol. The average Bonchev–Trinajstić information content (AvgIpc) is 3.55. The summed E-state index contributed by atoms with van der Waals surface area (Å²) in [6, 6.07) is 10.9. The molecule has 4 rings (SSSR count). The highest BCUT2D eigenvalue weighted by Crippen LogP contribution is 2.33. The van der Waals surface area contributed by atoms with E-state index in [0.29, 0.717) is 12.1 Å². The summed E-state index contributed by atoms with van der Waals surface area (Å²) in [6.07, 6.45) is 1.57. The number of rotatable bonds is 11. The maximum atomic E-state index is 13.5. The number of aromatic nitrogens is 1. The van der Waals surface area contributed by atoms with Crippen molar-refractivity contribution in [2.75, 3.05) is 50.6 Å². The number of amides is 1. The highest BCUT2D eigenvalue weighted by atomic mass is 32.1. The Kier molecular flexibility index (Phi) is 11.9. The van der Waals surface area contributed by atoms with Crippen LogP contribution in [0.4, 0.5) is 20.0 Å². The molecular formula is C30H39FN4O5S. The number of carbonyl (C=O) groups excluding carboxylic acids is 2. The Morgan fingerprint density at radius 1 is 1.17 bits per heavy atom. The molecule has 9 nitrogen and oxygen atoms in total. The van der Waals surface area contributed by atoms with Crippen molar-refractivity contribution in [2.45, 2.75) is 46.1 Å². The molecule has 0 bridgehead atoms. The van der Waals surface area contributed by atoms with Gasteiger partial charge in [-0.1, -0.05) is 12.1 Å². The molecule has 2 aromatic carbocycles. The summed E-state index contributed by atoms with van der Waals surface area (Å²) in [7, 11) is 1.91. The summed E-state index contributed by atoms with van der Waals surface area (Å²) >= 11 is 1.70. The number of ether oxygens (including phenoxy) is 3. The van der Waals surface area contributed by atoms with Crippen molar-refractivity contribution >= 4 is 34.5 Å². The SMILES string of the molecule is CC(C)(C)OC(=O)NCCOCCOc1cc(CC=O)ccc1F.CNc1nc(-c2ccc3c(c2)CCN3)c(C)s1. The Bertz CT molecular complexity index is 1310. The number of alkyl carbamates (subject to hydrolysis) is 1. The van der Waals surface area contributed by atoms with Gasteiger partial charge in [-0.3, -0.25) is 0 Å². The van der Waals surface area contributed by atoms with Crippen molar-refractivity contribution in [2.24, 2.45) is 0 Å². The van der Waals surface area contributed by atoms with Crippen LogP contribution in [-0.2, 0) is 27.1 Å². The first kappa shape index (κ1) is 31.8. The van der Waals surface area contributed by atoms with Crippen molar-refractivity contribution in [3.63, 3.8) is 0 Å². The molecule has 1 aliphatic heterocycles. The Hall–Kier alpha value is -3.70. The molecule has 0 unspecified atom stereocenters. The molecular weight excluding hydrogens is 547 g/mol. The first-order valence-electron chi connectivity index (χ1n) is 13.5. The first-order chi connectivity index (χ1) is 19.6. The lowest BCUT2D eigenvalue weighted by atomic mass is 10.1. The summed E-state index contributed by atoms with van der Waals surface area (Å²) in [5.74, 6) is -0.402. The zero-order valence-electron chi connectivity index (χ0n) is 24.3. The molecule has 3 N–H and O–H groups in total. The van der Waals surface area contributed by atoms with Crippen LogP contribution in [0.2, 0.25) is 0 Å². The van der Waals surface area contributed by atoms with E-state index in [-0.39, 0.29) is 32.0 Å². The minimum Gasteiger partial charge on any atom is -0.488 e. The predicted octanol–water partition coefficient (Wildman–Crippen LogP) is 5.62. The summed E-state index contributed by atoms with van der Waals surface area (Å²) in [5.41, 5.74) is 5.15. The molecule has 3 aromatic rings. The number of benzene rings is 2. The Morgan fingerprint density at radius 2 is 1.98 bits per heavy atom. The number of hydrogen-bond donors (Lipinski definition) is 3. The molecule has 1 aliphatic rings. The van der Waals surface area contributed by atoms with E-state index in [1.165, 1.54) is 39.9 Å². The summed E-state index contributed by atoms with van der Waals surface area (Å²) < 4.78 is 29.2. The molecule has 1 aromatic heterocycles. The van der Waals surface area contributed by atoms with Crippen LogP contribution in [0.15, 0.2) is 36.4 Å². The number of nitrogens with one attached hydrogen (secondary N) is 3. The number of hydrogen-bond acceptors (Lipinski definition) is 9. The summed E-state index contributed by atoms with van der Waals surface area (Å²) in [5, 5.41) is 10.0. The van der Waals surface area contributed by atoms with Gasteiger partial charge in [-0.05, 0) is 69.5 Å². The van der Waals surface area contributed by atoms with Gasteiger partial charge in [0, 0.05) is 42.7 Å². The van der Waals surface area contributed by atoms with Crippen LogP contribution < -0.4 is 20.7 Å². The van der Waals surface area contributed by atoms with Gasteiger partial charge in [0.05, 0.1) is 18.9 Å². The third kappa shape index (κ3) is 10.3. The van der Waals surface area contributed by atoms with Crippen molar-refractivity contribution < 1.29 is 28.2 Å². The van der Waals surface area contributed by atoms with E-state index in [1.54, 1.807) is 32.1 Å². The molecule has 222 valence electrons. The topological polar surface area (TPSA) is 111 Å². The quantitative estimate of drug-likeness (QED) is 0.196. The maximum absolute atomic E-state index is 13.5. The van der Waals surface area contributed by atoms with E-state index in [0.717, 1.165) is 30.1 Å². The number of nitrogens with zero attached hydrogens (tertiary/aromatic N) is 1. The molecule has 0 saturated heterocycles. The minimum absolute atomic E-state index is 0.0878. The molecule has 0 aliphatic carbocycles. The lowest BCUT2D eigenvalue weighted by Gasteiger charge is -2.19. The van der Waals surface area contributed by atoms with Gasteiger partial charge in [0.2, 0.25) is 0 Å². The summed E-state index contributed by atoms with van der Waals surface area (Å²) in [4.78, 5) is 27.7. The Labute approximate surface area is 244 Å². The number of anilines is 2. The van der Waals surface area contributed by atoms with Crippen LogP contribution >= 0.6 is 11.3 Å². The fraction of sp³-hybridized carbons (Fsp3) is 0.433. The van der Waals surface area contributed by atoms with Gasteiger partial charge in [0.1, 0.15) is 18.5 Å². The third-order valence-corrected chi connectivity index (χ3v) is 6.80. The van der Waals surface area contributed by atoms with Crippen LogP contribution in [0.1, 0.15) is 36.8 Å². The molecule has 0 saturated carbocycles. The van der Waals surface area contributed by atoms with E-state index in [2.05, 4.69) is 46.1 Å². The van der Waals surface area contributed by atoms with Gasteiger partial charge in [0.25, 0.3) is 0 Å². The number of halogens is 1. The lowest BCUT2D eigenvalue weighted by molar-refractivity contribution is -0.107. The van der Waals surface area contributed by atoms with E-state index >= 15 is 0 Å². The smallest absolute Gasteiger partial charge is 0.407 e. The Balaban J connectivity index is 0.000000237. The molecule has 1 amide bonds. The second-order valence-electron chi connectivity index (χ2n) is 10.2. The molecule has 0 spiro atoms. The van der Waals surface area contributed by atoms with E-state index in [4.69, 9.17) is 14.2 Å². The van der Waals surface area contributed by atoms with Gasteiger partial charge < -0.3 is 35.0 Å². The Morgan fingerprint density at radius 3 is 2.68 bits per heavy atom. The largest absolute Gasteiger partial charge is 0.488 e. The van der Waals surface area contributed by atoms with E-state index in [1.807, 2.05) is 7.05 Å². The monoisotopic (exact) mass is 586 g/mol. The minimum atomic E-state index is -0.540. The van der Waals surface area contributed by atoms with Crippen molar-refractivity contribution in [3.05, 3.63) is 58.2 Å². The second-order valence-corrected chi connectivity index (χ2v) is 11.5. The number of thiazole rings is 1. The number of carbonyl (C=O) groups is 2. The fourth-order valence-electron chi connectivity index (χ4n) is 3.96. The van der Waals surface area contributed by atoms with Crippen LogP contribution in [0.25, 0.3) is 11.3 Å². The van der Waals surface area contributed by atoms with E-state index in [9.17, 15) is 14.0 Å². The van der Waals surface area contributed by atoms with Crippen molar-refractivity contribution in [1.29, 1.82) is 0 Å². The van der Waals surface area contributed by atoms with Crippen LogP contribution in [0.3, 0.4) is 0 Å². The highest BCUT2D eigenvalue weighted by Gasteiger charge is 2.16. The highest BCUT2D eigenvalue weighted by molar-refractivity contribution is 7.15. The standard InChI is InChI=1S/C17H24FNO5.C13H15N3S/c1-17(2,3)24-16(21)19-7-9-22-10-11-23-15-12-13(6-8-20)4-5-14(15)18;1-8-12(16-13(14-2)17-8)10-3-4-11-9(7-10)5-6-15-11/h4-5,8,12H,6-7,9-11H2,1-3H3,(H,19,21);3-4,7,15H,5-6H2,1-2H3,(H,14,16). The molecule has 0 fully saturated rings. The van der Waals surface area contributed by atoms with Crippen LogP contribution in [0.5, 0.6) is 5.75 Å². The maximum Gasteiger partial charge on any atom is 0.407 e. The van der Waals surface area contributed by atoms with Crippen molar-refractivity contribution in [1.82, 2.24) is 10.3 Å². The molecule has 0 radical (unpaired) electrons. The van der Waals surface area contributed by atoms with Crippen LogP contribution in [0, 0.1) is 12.7 Å². The number of aryl methyl sites for hydroxylation is 1. The van der Waals surface area contributed by atoms with Gasteiger partial charge in [0.15, 0.2) is 16.7 Å². The summed E-state index contributed by atoms with van der Waals surface area (Å²) in [6.45, 7) is 9.52. The molecule has 11 heteroatoms. The molecule has 2 heterocycles. The molecule has 0 atom stereocenters. The van der Waals surface area contributed by atoms with Gasteiger partial charge in [-0.15, -0.1) is 11.3 Å². The lowest BCUT2D eigenvalue weighted by Crippen LogP contribution is -2.34. The van der Waals surface area contributed by atoms with E-state index < -0.39 is 17.5 Å². The van der Waals surface area contributed by atoms with Gasteiger partial charge in [-0.25, -0.2) is 14.2 Å². The zero-order valence-corrected chi connectivity index (χ0v) is 25.1. The van der Waals surface area contributed by atoms with Crippen molar-refractivity contribution in [3.8, 4) is 17.0 Å². The van der Waals surface area contributed by atoms with Gasteiger partial charge >= 0.3 is 6.09 Å². The van der Waals surface area contributed by atoms with Gasteiger partial charge in [-0.2, -0.15) is 0 Å². The third-order valence-electron chi connectivity index (χ3n) is 5.81. The number of aldehydes is 1. The normalized spacial score (nSPS) is 12.0. The fourth-order valence-corrected chi connectivity index (χ4v) is 4.75. The first-order valence-corrected chi connectivity index (χ1v) is 14.3. The zero-order chi connectivity index (χ0) is 29.8. The second kappa shape index (κ2) is 15.3. The number of fused-ring (bicyclic) bond motifs is 1. The predicted molar refractivity (Wildman–Crippen MR) is 161 cm³/mol. The molecule has 41 heavy (non-hydrogen) atoms.